The highest BCUT2D eigenvalue weighted by molar-refractivity contribution is 5.70. The molecule has 0 aliphatic rings. The predicted octanol–water partition coefficient (Wildman–Crippen LogP) is 5.61. The molecular weight excluding hydrogens is 407 g/mol. The van der Waals surface area contributed by atoms with E-state index >= 15 is 0 Å². The fourth-order valence-electron chi connectivity index (χ4n) is 2.98. The third kappa shape index (κ3) is 4.32. The number of hydrogen-bond acceptors (Lipinski definition) is 5. The molecular formula is C23H16F3N3O2. The van der Waals surface area contributed by atoms with Crippen molar-refractivity contribution < 1.29 is 23.0 Å². The van der Waals surface area contributed by atoms with Crippen LogP contribution in [0.25, 0.3) is 34.2 Å². The van der Waals surface area contributed by atoms with Gasteiger partial charge in [-0.3, -0.25) is 0 Å². The minimum absolute atomic E-state index is 0.0945. The normalized spacial score (nSPS) is 11.4. The number of halogens is 3. The third-order valence-electron chi connectivity index (χ3n) is 4.58. The Morgan fingerprint density at radius 2 is 1.32 bits per heavy atom. The first-order valence-corrected chi connectivity index (χ1v) is 9.21. The molecule has 1 N–H and O–H groups in total. The van der Waals surface area contributed by atoms with Crippen LogP contribution >= 0.6 is 0 Å². The number of hydrogen-bond donors (Lipinski definition) is 1. The van der Waals surface area contributed by atoms with Crippen LogP contribution in [0, 0.1) is 0 Å². The molecule has 0 saturated carbocycles. The number of nitrogens with zero attached hydrogens (tertiary/aromatic N) is 3. The number of alkyl halides is 3. The molecule has 3 aromatic carbocycles. The van der Waals surface area contributed by atoms with Gasteiger partial charge in [-0.05, 0) is 24.3 Å². The van der Waals surface area contributed by atoms with Gasteiger partial charge in [-0.25, -0.2) is 15.0 Å². The Morgan fingerprint density at radius 3 is 1.87 bits per heavy atom. The van der Waals surface area contributed by atoms with Gasteiger partial charge in [0.15, 0.2) is 17.5 Å². The monoisotopic (exact) mass is 423 g/mol. The Bertz CT molecular complexity index is 1210. The molecule has 0 fully saturated rings. The van der Waals surface area contributed by atoms with Crippen LogP contribution < -0.4 is 4.74 Å². The van der Waals surface area contributed by atoms with Crippen LogP contribution in [0.15, 0.2) is 72.8 Å². The molecule has 8 heteroatoms. The summed E-state index contributed by atoms with van der Waals surface area (Å²) in [6.45, 7) is 0. The van der Waals surface area contributed by atoms with Gasteiger partial charge < -0.3 is 9.84 Å². The fraction of sp³-hybridized carbons (Fsp3) is 0.0870. The van der Waals surface area contributed by atoms with Gasteiger partial charge in [-0.15, -0.1) is 0 Å². The minimum Gasteiger partial charge on any atom is -0.507 e. The molecule has 0 amide bonds. The topological polar surface area (TPSA) is 68.1 Å². The highest BCUT2D eigenvalue weighted by Crippen LogP contribution is 2.34. The number of aromatic nitrogens is 3. The van der Waals surface area contributed by atoms with E-state index in [1.54, 1.807) is 12.1 Å². The third-order valence-corrected chi connectivity index (χ3v) is 4.58. The van der Waals surface area contributed by atoms with Crippen molar-refractivity contribution in [3.05, 3.63) is 78.4 Å². The second-order valence-electron chi connectivity index (χ2n) is 6.63. The quantitative estimate of drug-likeness (QED) is 0.462. The summed E-state index contributed by atoms with van der Waals surface area (Å²) in [6, 6.07) is 18.4. The van der Waals surface area contributed by atoms with Crippen molar-refractivity contribution in [1.29, 1.82) is 0 Å². The number of aromatic hydroxyl groups is 1. The maximum Gasteiger partial charge on any atom is 0.416 e. The van der Waals surface area contributed by atoms with Crippen molar-refractivity contribution >= 4 is 0 Å². The predicted molar refractivity (Wildman–Crippen MR) is 109 cm³/mol. The minimum atomic E-state index is -4.44. The highest BCUT2D eigenvalue weighted by Gasteiger charge is 2.30. The van der Waals surface area contributed by atoms with E-state index in [1.165, 1.54) is 25.3 Å². The Balaban J connectivity index is 1.87. The molecule has 0 saturated heterocycles. The highest BCUT2D eigenvalue weighted by atomic mass is 19.4. The van der Waals surface area contributed by atoms with Crippen molar-refractivity contribution in [1.82, 2.24) is 15.0 Å². The van der Waals surface area contributed by atoms with Gasteiger partial charge in [-0.2, -0.15) is 13.2 Å². The Kier molecular flexibility index (Phi) is 5.29. The van der Waals surface area contributed by atoms with Crippen LogP contribution in [-0.2, 0) is 6.18 Å². The Labute approximate surface area is 175 Å². The summed E-state index contributed by atoms with van der Waals surface area (Å²) in [4.78, 5) is 13.3. The molecule has 0 aliphatic heterocycles. The lowest BCUT2D eigenvalue weighted by atomic mass is 10.1. The van der Waals surface area contributed by atoms with E-state index in [0.717, 1.165) is 12.1 Å². The number of ether oxygens (including phenoxy) is 1. The van der Waals surface area contributed by atoms with Gasteiger partial charge in [0, 0.05) is 17.2 Å². The maximum atomic E-state index is 12.9. The number of rotatable bonds is 4. The van der Waals surface area contributed by atoms with Crippen LogP contribution in [0.3, 0.4) is 0 Å². The Morgan fingerprint density at radius 1 is 0.742 bits per heavy atom. The molecule has 1 aromatic heterocycles. The maximum absolute atomic E-state index is 12.9. The lowest BCUT2D eigenvalue weighted by Crippen LogP contribution is -2.05. The van der Waals surface area contributed by atoms with Gasteiger partial charge >= 0.3 is 6.18 Å². The van der Waals surface area contributed by atoms with Gasteiger partial charge in [0.05, 0.1) is 18.2 Å². The fourth-order valence-corrected chi connectivity index (χ4v) is 2.98. The lowest BCUT2D eigenvalue weighted by molar-refractivity contribution is -0.137. The summed E-state index contributed by atoms with van der Waals surface area (Å²) < 4.78 is 43.9. The molecule has 0 bridgehead atoms. The number of methoxy groups -OCH3 is 1. The Hall–Kier alpha value is -3.94. The van der Waals surface area contributed by atoms with Crippen LogP contribution in [-0.4, -0.2) is 27.2 Å². The summed E-state index contributed by atoms with van der Waals surface area (Å²) >= 11 is 0. The first-order chi connectivity index (χ1) is 14.8. The molecule has 0 radical (unpaired) electrons. The van der Waals surface area contributed by atoms with Gasteiger partial charge in [0.25, 0.3) is 0 Å². The average Bonchev–Trinajstić information content (AvgIpc) is 2.78. The molecule has 5 nitrogen and oxygen atoms in total. The summed E-state index contributed by atoms with van der Waals surface area (Å²) in [5, 5.41) is 10.4. The van der Waals surface area contributed by atoms with Crippen LogP contribution in [0.4, 0.5) is 13.2 Å². The van der Waals surface area contributed by atoms with E-state index < -0.39 is 11.7 Å². The van der Waals surface area contributed by atoms with Gasteiger partial charge in [0.2, 0.25) is 0 Å². The molecule has 156 valence electrons. The summed E-state index contributed by atoms with van der Waals surface area (Å²) in [6.07, 6.45) is -4.44. The SMILES string of the molecule is COc1ccc(-c2nc(-c3ccccc3)nc(-c3ccc(C(F)(F)F)cc3)n2)c(O)c1. The first-order valence-electron chi connectivity index (χ1n) is 9.21. The molecule has 0 atom stereocenters. The van der Waals surface area contributed by atoms with E-state index in [1.807, 2.05) is 30.3 Å². The van der Waals surface area contributed by atoms with Crippen LogP contribution in [0.1, 0.15) is 5.56 Å². The van der Waals surface area contributed by atoms with E-state index in [0.29, 0.717) is 28.3 Å². The van der Waals surface area contributed by atoms with E-state index in [-0.39, 0.29) is 17.4 Å². The first kappa shape index (κ1) is 20.3. The standard InChI is InChI=1S/C23H16F3N3O2/c1-31-17-11-12-18(19(30)13-17)22-28-20(14-5-3-2-4-6-14)27-21(29-22)15-7-9-16(10-8-15)23(24,25)26/h2-13,30H,1H3. The summed E-state index contributed by atoms with van der Waals surface area (Å²) in [7, 11) is 1.48. The van der Waals surface area contributed by atoms with Crippen LogP contribution in [0.5, 0.6) is 11.5 Å². The van der Waals surface area contributed by atoms with E-state index in [2.05, 4.69) is 15.0 Å². The second kappa shape index (κ2) is 8.06. The zero-order valence-corrected chi connectivity index (χ0v) is 16.3. The largest absolute Gasteiger partial charge is 0.507 e. The van der Waals surface area contributed by atoms with Crippen LogP contribution in [0.2, 0.25) is 0 Å². The molecule has 0 aliphatic carbocycles. The zero-order valence-electron chi connectivity index (χ0n) is 16.3. The molecule has 0 unspecified atom stereocenters. The summed E-state index contributed by atoms with van der Waals surface area (Å²) in [5.74, 6) is 1.07. The van der Waals surface area contributed by atoms with Gasteiger partial charge in [-0.1, -0.05) is 42.5 Å². The smallest absolute Gasteiger partial charge is 0.416 e. The van der Waals surface area contributed by atoms with E-state index in [9.17, 15) is 18.3 Å². The van der Waals surface area contributed by atoms with Crippen molar-refractivity contribution in [2.45, 2.75) is 6.18 Å². The van der Waals surface area contributed by atoms with E-state index in [4.69, 9.17) is 4.74 Å². The van der Waals surface area contributed by atoms with Crippen molar-refractivity contribution in [2.24, 2.45) is 0 Å². The number of benzene rings is 3. The van der Waals surface area contributed by atoms with Gasteiger partial charge in [0.1, 0.15) is 11.5 Å². The summed E-state index contributed by atoms with van der Waals surface area (Å²) in [5.41, 5.74) is 0.671. The molecule has 31 heavy (non-hydrogen) atoms. The molecule has 0 spiro atoms. The zero-order chi connectivity index (χ0) is 22.0. The second-order valence-corrected chi connectivity index (χ2v) is 6.63. The number of phenols is 1. The molecule has 4 aromatic rings. The lowest BCUT2D eigenvalue weighted by Gasteiger charge is -2.11. The van der Waals surface area contributed by atoms with Crippen molar-refractivity contribution in [3.8, 4) is 45.7 Å². The van der Waals surface area contributed by atoms with Crippen molar-refractivity contribution in [3.63, 3.8) is 0 Å². The molecule has 1 heterocycles. The van der Waals surface area contributed by atoms with Crippen molar-refractivity contribution in [2.75, 3.05) is 7.11 Å². The number of phenolic OH excluding ortho intramolecular Hbond substituents is 1. The molecule has 4 rings (SSSR count). The average molecular weight is 423 g/mol.